The Morgan fingerprint density at radius 1 is 0.947 bits per heavy atom. The molecule has 38 heavy (non-hydrogen) atoms. The van der Waals surface area contributed by atoms with Crippen LogP contribution in [0.25, 0.3) is 10.9 Å². The van der Waals surface area contributed by atoms with E-state index in [1.54, 1.807) is 12.1 Å². The lowest BCUT2D eigenvalue weighted by atomic mass is 9.89. The molecule has 2 heterocycles. The van der Waals surface area contributed by atoms with Gasteiger partial charge in [0.1, 0.15) is 12.4 Å². The van der Waals surface area contributed by atoms with E-state index >= 15 is 0 Å². The molecule has 198 valence electrons. The van der Waals surface area contributed by atoms with Crippen molar-refractivity contribution in [2.45, 2.75) is 44.8 Å². The van der Waals surface area contributed by atoms with Crippen LogP contribution in [0.5, 0.6) is 0 Å². The number of piperidine rings is 1. The van der Waals surface area contributed by atoms with Gasteiger partial charge in [-0.1, -0.05) is 54.6 Å². The summed E-state index contributed by atoms with van der Waals surface area (Å²) >= 11 is 0. The molecule has 0 aliphatic carbocycles. The Hall–Kier alpha value is -3.48. The second-order valence-corrected chi connectivity index (χ2v) is 10.2. The summed E-state index contributed by atoms with van der Waals surface area (Å²) in [5.41, 5.74) is 6.19. The number of carbonyl (C=O) groups is 1. The molecule has 5 nitrogen and oxygen atoms in total. The molecule has 3 aromatic carbocycles. The van der Waals surface area contributed by atoms with Crippen molar-refractivity contribution in [1.29, 1.82) is 0 Å². The lowest BCUT2D eigenvalue weighted by Gasteiger charge is -2.32. The number of aromatic amines is 1. The van der Waals surface area contributed by atoms with E-state index < -0.39 is 0 Å². The number of ether oxygens (including phenoxy) is 1. The van der Waals surface area contributed by atoms with Crippen LogP contribution in [0.4, 0.5) is 4.39 Å². The average Bonchev–Trinajstić information content (AvgIpc) is 3.38. The highest BCUT2D eigenvalue weighted by molar-refractivity contribution is 5.83. The molecule has 1 amide bonds. The van der Waals surface area contributed by atoms with Gasteiger partial charge in [0.05, 0.1) is 6.61 Å². The first kappa shape index (κ1) is 26.1. The minimum Gasteiger partial charge on any atom is -0.367 e. The van der Waals surface area contributed by atoms with Crippen molar-refractivity contribution in [2.24, 2.45) is 0 Å². The van der Waals surface area contributed by atoms with Crippen LogP contribution in [0, 0.1) is 5.82 Å². The Morgan fingerprint density at radius 3 is 2.45 bits per heavy atom. The summed E-state index contributed by atoms with van der Waals surface area (Å²) in [6.45, 7) is 4.16. The fraction of sp³-hybridized carbons (Fsp3) is 0.344. The maximum atomic E-state index is 12.9. The monoisotopic (exact) mass is 513 g/mol. The number of hydrogen-bond donors (Lipinski definition) is 2. The first-order chi connectivity index (χ1) is 18.6. The fourth-order valence-corrected chi connectivity index (χ4v) is 5.32. The summed E-state index contributed by atoms with van der Waals surface area (Å²) < 4.78 is 18.3. The molecule has 4 aromatic rings. The molecular formula is C32H36FN3O2. The van der Waals surface area contributed by atoms with Gasteiger partial charge in [-0.05, 0) is 85.1 Å². The summed E-state index contributed by atoms with van der Waals surface area (Å²) in [6.07, 6.45) is 6.41. The van der Waals surface area contributed by atoms with Gasteiger partial charge in [-0.3, -0.25) is 9.69 Å². The van der Waals surface area contributed by atoms with Crippen molar-refractivity contribution >= 4 is 16.8 Å². The van der Waals surface area contributed by atoms with E-state index in [4.69, 9.17) is 4.74 Å². The molecule has 1 saturated heterocycles. The van der Waals surface area contributed by atoms with Crippen molar-refractivity contribution in [3.8, 4) is 0 Å². The van der Waals surface area contributed by atoms with Crippen molar-refractivity contribution in [3.05, 3.63) is 107 Å². The predicted octanol–water partition coefficient (Wildman–Crippen LogP) is 5.95. The zero-order valence-electron chi connectivity index (χ0n) is 21.8. The van der Waals surface area contributed by atoms with Crippen LogP contribution in [-0.2, 0) is 29.1 Å². The van der Waals surface area contributed by atoms with Crippen molar-refractivity contribution in [2.75, 3.05) is 26.2 Å². The maximum absolute atomic E-state index is 12.9. The number of H-pyrrole nitrogens is 1. The van der Waals surface area contributed by atoms with Crippen molar-refractivity contribution in [3.63, 3.8) is 0 Å². The number of nitrogens with one attached hydrogen (secondary N) is 2. The number of halogens is 1. The molecule has 0 radical (unpaired) electrons. The van der Waals surface area contributed by atoms with Gasteiger partial charge in [0.2, 0.25) is 5.91 Å². The second kappa shape index (κ2) is 12.9. The molecule has 1 fully saturated rings. The second-order valence-electron chi connectivity index (χ2n) is 10.2. The van der Waals surface area contributed by atoms with Gasteiger partial charge >= 0.3 is 0 Å². The van der Waals surface area contributed by atoms with Crippen LogP contribution in [0.1, 0.15) is 47.4 Å². The molecule has 5 rings (SSSR count). The minimum absolute atomic E-state index is 0.00506. The lowest BCUT2D eigenvalue weighted by Crippen LogP contribution is -2.32. The Bertz CT molecular complexity index is 1310. The normalized spacial score (nSPS) is 14.7. The Morgan fingerprint density at radius 2 is 1.66 bits per heavy atom. The standard InChI is InChI=1S/C32H36FN3O2/c33-28-13-11-26(12-14-28)22-38-23-32(37)34-17-3-4-24-7-9-25(10-8-24)21-36-18-15-27(16-19-36)30-20-35-31-6-2-1-5-29(30)31/h1-2,5-14,20,27,35H,3-4,15-19,21-23H2,(H,34,37). The summed E-state index contributed by atoms with van der Waals surface area (Å²) in [6, 6.07) is 23.6. The molecule has 0 bridgehead atoms. The van der Waals surface area contributed by atoms with E-state index in [0.29, 0.717) is 19.1 Å². The number of amides is 1. The number of aryl methyl sites for hydroxylation is 1. The molecular weight excluding hydrogens is 477 g/mol. The third kappa shape index (κ3) is 7.09. The van der Waals surface area contributed by atoms with Gasteiger partial charge in [-0.2, -0.15) is 0 Å². The van der Waals surface area contributed by atoms with E-state index in [0.717, 1.165) is 38.0 Å². The minimum atomic E-state index is -0.279. The first-order valence-corrected chi connectivity index (χ1v) is 13.6. The number of aromatic nitrogens is 1. The quantitative estimate of drug-likeness (QED) is 0.244. The van der Waals surface area contributed by atoms with E-state index in [1.807, 2.05) is 0 Å². The number of hydrogen-bond acceptors (Lipinski definition) is 3. The van der Waals surface area contributed by atoms with Crippen LogP contribution in [0.3, 0.4) is 0 Å². The van der Waals surface area contributed by atoms with E-state index in [-0.39, 0.29) is 18.3 Å². The van der Waals surface area contributed by atoms with Crippen LogP contribution < -0.4 is 5.32 Å². The van der Waals surface area contributed by atoms with Gasteiger partial charge in [-0.25, -0.2) is 4.39 Å². The molecule has 6 heteroatoms. The first-order valence-electron chi connectivity index (χ1n) is 13.6. The summed E-state index contributed by atoms with van der Waals surface area (Å²) in [5, 5.41) is 4.28. The highest BCUT2D eigenvalue weighted by Crippen LogP contribution is 2.33. The van der Waals surface area contributed by atoms with Crippen molar-refractivity contribution in [1.82, 2.24) is 15.2 Å². The number of nitrogens with zero attached hydrogens (tertiary/aromatic N) is 1. The van der Waals surface area contributed by atoms with Crippen LogP contribution in [0.15, 0.2) is 79.0 Å². The Labute approximate surface area is 224 Å². The topological polar surface area (TPSA) is 57.4 Å². The molecule has 0 atom stereocenters. The van der Waals surface area contributed by atoms with Crippen molar-refractivity contribution < 1.29 is 13.9 Å². The Balaban J connectivity index is 0.971. The Kier molecular flexibility index (Phi) is 8.84. The summed E-state index contributed by atoms with van der Waals surface area (Å²) in [5.74, 6) is 0.224. The van der Waals surface area contributed by atoms with Gasteiger partial charge < -0.3 is 15.0 Å². The molecule has 2 N–H and O–H groups in total. The van der Waals surface area contributed by atoms with Gasteiger partial charge in [-0.15, -0.1) is 0 Å². The summed E-state index contributed by atoms with van der Waals surface area (Å²) in [7, 11) is 0. The predicted molar refractivity (Wildman–Crippen MR) is 149 cm³/mol. The lowest BCUT2D eigenvalue weighted by molar-refractivity contribution is -0.126. The van der Waals surface area contributed by atoms with E-state index in [2.05, 4.69) is 69.9 Å². The molecule has 0 saturated carbocycles. The number of para-hydroxylation sites is 1. The number of rotatable bonds is 11. The van der Waals surface area contributed by atoms with Crippen LogP contribution in [-0.4, -0.2) is 42.0 Å². The molecule has 1 aliphatic rings. The maximum Gasteiger partial charge on any atom is 0.246 e. The van der Waals surface area contributed by atoms with Gasteiger partial charge in [0, 0.05) is 30.2 Å². The molecule has 1 aromatic heterocycles. The summed E-state index contributed by atoms with van der Waals surface area (Å²) in [4.78, 5) is 18.0. The number of carbonyl (C=O) groups excluding carboxylic acids is 1. The largest absolute Gasteiger partial charge is 0.367 e. The highest BCUT2D eigenvalue weighted by Gasteiger charge is 2.22. The van der Waals surface area contributed by atoms with Gasteiger partial charge in [0.25, 0.3) is 0 Å². The zero-order chi connectivity index (χ0) is 26.2. The highest BCUT2D eigenvalue weighted by atomic mass is 19.1. The molecule has 1 aliphatic heterocycles. The van der Waals surface area contributed by atoms with Gasteiger partial charge in [0.15, 0.2) is 0 Å². The fourth-order valence-electron chi connectivity index (χ4n) is 5.32. The number of likely N-dealkylation sites (tertiary alicyclic amines) is 1. The number of fused-ring (bicyclic) bond motifs is 1. The SMILES string of the molecule is O=C(COCc1ccc(F)cc1)NCCCc1ccc(CN2CCC(c3c[nH]c4ccccc34)CC2)cc1. The third-order valence-corrected chi connectivity index (χ3v) is 7.46. The van der Waals surface area contributed by atoms with Crippen LogP contribution >= 0.6 is 0 Å². The molecule has 0 spiro atoms. The van der Waals surface area contributed by atoms with E-state index in [9.17, 15) is 9.18 Å². The molecule has 0 unspecified atom stereocenters. The van der Waals surface area contributed by atoms with E-state index in [1.165, 1.54) is 52.6 Å². The smallest absolute Gasteiger partial charge is 0.246 e. The average molecular weight is 514 g/mol. The third-order valence-electron chi connectivity index (χ3n) is 7.46. The van der Waals surface area contributed by atoms with Crippen LogP contribution in [0.2, 0.25) is 0 Å². The number of benzene rings is 3. The zero-order valence-corrected chi connectivity index (χ0v) is 21.8.